The molecule has 1 aromatic carbocycles. The number of carbonyl (C=O) groups excluding carboxylic acids is 1. The first kappa shape index (κ1) is 9.25. The topological polar surface area (TPSA) is 38.7 Å². The number of hydrogen-bond acceptors (Lipinski definition) is 3. The maximum Gasteiger partial charge on any atom is 0.235 e. The van der Waals surface area contributed by atoms with Crippen molar-refractivity contribution in [3.63, 3.8) is 0 Å². The van der Waals surface area contributed by atoms with Crippen molar-refractivity contribution >= 4 is 17.7 Å². The van der Waals surface area contributed by atoms with Gasteiger partial charge in [0, 0.05) is 17.0 Å². The fraction of sp³-hybridized carbons (Fsp3) is 0.300. The summed E-state index contributed by atoms with van der Waals surface area (Å²) in [6.45, 7) is 0.559. The number of aliphatic imine (C=N–C) groups is 1. The summed E-state index contributed by atoms with van der Waals surface area (Å²) in [4.78, 5) is 13.9. The van der Waals surface area contributed by atoms with E-state index in [1.165, 1.54) is 0 Å². The van der Waals surface area contributed by atoms with Crippen LogP contribution in [-0.2, 0) is 4.79 Å². The zero-order valence-electron chi connectivity index (χ0n) is 7.37. The van der Waals surface area contributed by atoms with Gasteiger partial charge in [-0.1, -0.05) is 17.7 Å². The lowest BCUT2D eigenvalue weighted by Gasteiger charge is -2.22. The minimum absolute atomic E-state index is 0.204. The number of halogens is 1. The van der Waals surface area contributed by atoms with E-state index in [9.17, 15) is 4.79 Å². The predicted molar refractivity (Wildman–Crippen MR) is 52.4 cm³/mol. The molecule has 0 spiro atoms. The minimum atomic E-state index is -0.204. The van der Waals surface area contributed by atoms with Crippen molar-refractivity contribution in [1.82, 2.24) is 0 Å². The fourth-order valence-electron chi connectivity index (χ4n) is 1.58. The zero-order chi connectivity index (χ0) is 9.97. The van der Waals surface area contributed by atoms with Crippen LogP contribution in [0.2, 0.25) is 5.02 Å². The van der Waals surface area contributed by atoms with Crippen LogP contribution in [0.5, 0.6) is 5.75 Å². The van der Waals surface area contributed by atoms with Crippen LogP contribution >= 0.6 is 11.6 Å². The van der Waals surface area contributed by atoms with Crippen LogP contribution in [0.15, 0.2) is 23.2 Å². The van der Waals surface area contributed by atoms with Crippen LogP contribution in [0.4, 0.5) is 0 Å². The number of benzene rings is 1. The van der Waals surface area contributed by atoms with Gasteiger partial charge in [0.2, 0.25) is 6.08 Å². The first-order valence-corrected chi connectivity index (χ1v) is 4.69. The van der Waals surface area contributed by atoms with Gasteiger partial charge in [-0.05, 0) is 12.1 Å². The van der Waals surface area contributed by atoms with Gasteiger partial charge in [0.25, 0.3) is 0 Å². The molecule has 1 aromatic rings. The van der Waals surface area contributed by atoms with Crippen LogP contribution in [0.25, 0.3) is 0 Å². The Labute approximate surface area is 86.4 Å². The molecule has 0 saturated heterocycles. The third kappa shape index (κ3) is 1.52. The second-order valence-electron chi connectivity index (χ2n) is 3.02. The molecule has 14 heavy (non-hydrogen) atoms. The van der Waals surface area contributed by atoms with Crippen molar-refractivity contribution in [3.8, 4) is 5.75 Å². The number of fused-ring (bicyclic) bond motifs is 1. The second-order valence-corrected chi connectivity index (χ2v) is 3.43. The van der Waals surface area contributed by atoms with Crippen molar-refractivity contribution in [2.45, 2.75) is 12.5 Å². The van der Waals surface area contributed by atoms with Crippen LogP contribution < -0.4 is 4.74 Å². The number of isocyanates is 1. The van der Waals surface area contributed by atoms with E-state index >= 15 is 0 Å². The summed E-state index contributed by atoms with van der Waals surface area (Å²) in [5.41, 5.74) is 0.795. The second kappa shape index (κ2) is 3.82. The molecule has 1 aliphatic rings. The fourth-order valence-corrected chi connectivity index (χ4v) is 1.88. The van der Waals surface area contributed by atoms with Crippen molar-refractivity contribution in [3.05, 3.63) is 28.8 Å². The Morgan fingerprint density at radius 2 is 2.43 bits per heavy atom. The lowest BCUT2D eigenvalue weighted by Crippen LogP contribution is -2.13. The Balaban J connectivity index is 2.51. The van der Waals surface area contributed by atoms with Gasteiger partial charge in [-0.3, -0.25) is 0 Å². The smallest absolute Gasteiger partial charge is 0.235 e. The molecule has 1 unspecified atom stereocenters. The van der Waals surface area contributed by atoms with Crippen molar-refractivity contribution in [2.75, 3.05) is 6.61 Å². The standard InChI is InChI=1S/C10H8ClNO2/c11-7-2-1-3-9-10(7)8(12-6-13)4-5-14-9/h1-3,8H,4-5H2. The van der Waals surface area contributed by atoms with Gasteiger partial charge in [0.1, 0.15) is 5.75 Å². The molecule has 0 radical (unpaired) electrons. The lowest BCUT2D eigenvalue weighted by atomic mass is 10.0. The van der Waals surface area contributed by atoms with Gasteiger partial charge in [-0.25, -0.2) is 4.79 Å². The Bertz CT molecular complexity index is 399. The van der Waals surface area contributed by atoms with Gasteiger partial charge in [-0.15, -0.1) is 0 Å². The van der Waals surface area contributed by atoms with E-state index in [0.29, 0.717) is 23.8 Å². The highest BCUT2D eigenvalue weighted by Crippen LogP contribution is 2.38. The van der Waals surface area contributed by atoms with Gasteiger partial charge in [0.15, 0.2) is 0 Å². The Hall–Kier alpha value is -1.31. The monoisotopic (exact) mass is 209 g/mol. The van der Waals surface area contributed by atoms with Gasteiger partial charge >= 0.3 is 0 Å². The third-order valence-corrected chi connectivity index (χ3v) is 2.53. The molecule has 3 nitrogen and oxygen atoms in total. The molecular formula is C10H8ClNO2. The SMILES string of the molecule is O=C=NC1CCOc2cccc(Cl)c21. The van der Waals surface area contributed by atoms with Crippen molar-refractivity contribution in [2.24, 2.45) is 4.99 Å². The highest BCUT2D eigenvalue weighted by atomic mass is 35.5. The number of nitrogens with zero attached hydrogens (tertiary/aromatic N) is 1. The van der Waals surface area contributed by atoms with Gasteiger partial charge in [0.05, 0.1) is 12.6 Å². The van der Waals surface area contributed by atoms with Gasteiger partial charge < -0.3 is 4.74 Å². The average Bonchev–Trinajstić information content (AvgIpc) is 2.19. The molecule has 0 fully saturated rings. The van der Waals surface area contributed by atoms with Crippen LogP contribution in [0, 0.1) is 0 Å². The summed E-state index contributed by atoms with van der Waals surface area (Å²) in [6, 6.07) is 5.20. The van der Waals surface area contributed by atoms with E-state index < -0.39 is 0 Å². The molecule has 72 valence electrons. The third-order valence-electron chi connectivity index (χ3n) is 2.20. The number of ether oxygens (including phenoxy) is 1. The Morgan fingerprint density at radius 1 is 1.57 bits per heavy atom. The molecular weight excluding hydrogens is 202 g/mol. The van der Waals surface area contributed by atoms with Gasteiger partial charge in [-0.2, -0.15) is 4.99 Å². The van der Waals surface area contributed by atoms with Crippen LogP contribution in [0.1, 0.15) is 18.0 Å². The van der Waals surface area contributed by atoms with E-state index in [1.807, 2.05) is 12.1 Å². The van der Waals surface area contributed by atoms with E-state index in [0.717, 1.165) is 5.56 Å². The molecule has 2 rings (SSSR count). The van der Waals surface area contributed by atoms with Crippen LogP contribution in [-0.4, -0.2) is 12.7 Å². The quantitative estimate of drug-likeness (QED) is 0.527. The Kier molecular flexibility index (Phi) is 2.53. The largest absolute Gasteiger partial charge is 0.493 e. The predicted octanol–water partition coefficient (Wildman–Crippen LogP) is 2.50. The average molecular weight is 210 g/mol. The number of rotatable bonds is 1. The normalized spacial score (nSPS) is 19.1. The molecule has 0 aliphatic carbocycles. The molecule has 0 aromatic heterocycles. The summed E-state index contributed by atoms with van der Waals surface area (Å²) >= 11 is 6.00. The highest BCUT2D eigenvalue weighted by Gasteiger charge is 2.23. The van der Waals surface area contributed by atoms with E-state index in [-0.39, 0.29) is 6.04 Å². The molecule has 1 aliphatic heterocycles. The van der Waals surface area contributed by atoms with E-state index in [2.05, 4.69) is 4.99 Å². The maximum atomic E-state index is 10.2. The van der Waals surface area contributed by atoms with Crippen molar-refractivity contribution < 1.29 is 9.53 Å². The summed E-state index contributed by atoms with van der Waals surface area (Å²) in [7, 11) is 0. The highest BCUT2D eigenvalue weighted by molar-refractivity contribution is 6.31. The molecule has 1 atom stereocenters. The Morgan fingerprint density at radius 3 is 3.21 bits per heavy atom. The zero-order valence-corrected chi connectivity index (χ0v) is 8.12. The van der Waals surface area contributed by atoms with Crippen molar-refractivity contribution in [1.29, 1.82) is 0 Å². The molecule has 0 saturated carbocycles. The molecule has 0 bridgehead atoms. The van der Waals surface area contributed by atoms with E-state index in [4.69, 9.17) is 16.3 Å². The molecule has 4 heteroatoms. The summed E-state index contributed by atoms with van der Waals surface area (Å²) in [6.07, 6.45) is 2.24. The first-order valence-electron chi connectivity index (χ1n) is 4.31. The minimum Gasteiger partial charge on any atom is -0.493 e. The first-order chi connectivity index (χ1) is 6.83. The molecule has 0 amide bonds. The maximum absolute atomic E-state index is 10.2. The molecule has 1 heterocycles. The summed E-state index contributed by atoms with van der Waals surface area (Å²) < 4.78 is 5.41. The summed E-state index contributed by atoms with van der Waals surface area (Å²) in [5, 5.41) is 0.589. The van der Waals surface area contributed by atoms with Crippen LogP contribution in [0.3, 0.4) is 0 Å². The molecule has 0 N–H and O–H groups in total. The summed E-state index contributed by atoms with van der Waals surface area (Å²) in [5.74, 6) is 0.716. The number of hydrogen-bond donors (Lipinski definition) is 0. The van der Waals surface area contributed by atoms with E-state index in [1.54, 1.807) is 12.1 Å². The lowest BCUT2D eigenvalue weighted by molar-refractivity contribution is 0.269.